The Labute approximate surface area is 57.4 Å². The zero-order valence-corrected chi connectivity index (χ0v) is 5.39. The maximum atomic E-state index is 8.03. The highest BCUT2D eigenvalue weighted by molar-refractivity contribution is 5.30. The van der Waals surface area contributed by atoms with Gasteiger partial charge in [-0.05, 0) is 17.6 Å². The summed E-state index contributed by atoms with van der Waals surface area (Å²) in [4.78, 5) is 10.2. The molecule has 0 saturated carbocycles. The van der Waals surface area contributed by atoms with Crippen molar-refractivity contribution in [3.05, 3.63) is 28.5 Å². The van der Waals surface area contributed by atoms with Gasteiger partial charge in [-0.1, -0.05) is 0 Å². The SMILES string of the molecule is Cc1nccnc1N=[N+]=[N-]. The van der Waals surface area contributed by atoms with E-state index in [1.54, 1.807) is 13.1 Å². The van der Waals surface area contributed by atoms with Gasteiger partial charge in [0, 0.05) is 17.3 Å². The first-order valence-corrected chi connectivity index (χ1v) is 2.67. The minimum absolute atomic E-state index is 0.338. The fraction of sp³-hybridized carbons (Fsp3) is 0.200. The summed E-state index contributed by atoms with van der Waals surface area (Å²) in [6, 6.07) is 0. The average molecular weight is 135 g/mol. The summed E-state index contributed by atoms with van der Waals surface area (Å²) < 4.78 is 0. The second-order valence-corrected chi connectivity index (χ2v) is 1.65. The van der Waals surface area contributed by atoms with Crippen LogP contribution in [-0.2, 0) is 0 Å². The zero-order valence-electron chi connectivity index (χ0n) is 5.39. The quantitative estimate of drug-likeness (QED) is 0.334. The summed E-state index contributed by atoms with van der Waals surface area (Å²) in [7, 11) is 0. The Morgan fingerprint density at radius 1 is 1.50 bits per heavy atom. The Morgan fingerprint density at radius 2 is 2.20 bits per heavy atom. The molecule has 0 amide bonds. The molecule has 0 N–H and O–H groups in total. The first-order valence-electron chi connectivity index (χ1n) is 2.67. The fourth-order valence-corrected chi connectivity index (χ4v) is 0.541. The van der Waals surface area contributed by atoms with Crippen LogP contribution in [0.3, 0.4) is 0 Å². The molecule has 0 saturated heterocycles. The van der Waals surface area contributed by atoms with E-state index in [0.717, 1.165) is 0 Å². The second kappa shape index (κ2) is 2.80. The van der Waals surface area contributed by atoms with E-state index >= 15 is 0 Å². The van der Waals surface area contributed by atoms with E-state index in [0.29, 0.717) is 11.5 Å². The molecule has 1 aromatic rings. The molecule has 0 radical (unpaired) electrons. The molecule has 0 atom stereocenters. The molecule has 1 aromatic heterocycles. The van der Waals surface area contributed by atoms with Crippen LogP contribution in [0.5, 0.6) is 0 Å². The normalized spacial score (nSPS) is 8.50. The van der Waals surface area contributed by atoms with Gasteiger partial charge >= 0.3 is 0 Å². The van der Waals surface area contributed by atoms with E-state index in [1.807, 2.05) is 0 Å². The van der Waals surface area contributed by atoms with Gasteiger partial charge in [0.1, 0.15) is 5.82 Å². The minimum atomic E-state index is 0.338. The summed E-state index contributed by atoms with van der Waals surface area (Å²) in [5, 5.41) is 3.31. The Hall–Kier alpha value is -1.61. The molecular weight excluding hydrogens is 130 g/mol. The van der Waals surface area contributed by atoms with Crippen molar-refractivity contribution in [1.29, 1.82) is 0 Å². The average Bonchev–Trinajstić information content (AvgIpc) is 1.94. The van der Waals surface area contributed by atoms with Crippen LogP contribution in [-0.4, -0.2) is 9.97 Å². The lowest BCUT2D eigenvalue weighted by Gasteiger charge is -1.91. The van der Waals surface area contributed by atoms with Gasteiger partial charge in [-0.15, -0.1) is 0 Å². The second-order valence-electron chi connectivity index (χ2n) is 1.65. The van der Waals surface area contributed by atoms with Crippen LogP contribution in [0.2, 0.25) is 0 Å². The number of hydrogen-bond acceptors (Lipinski definition) is 3. The van der Waals surface area contributed by atoms with Crippen LogP contribution in [0.1, 0.15) is 5.69 Å². The molecule has 1 rings (SSSR count). The van der Waals surface area contributed by atoms with Crippen LogP contribution in [0.15, 0.2) is 17.5 Å². The Morgan fingerprint density at radius 3 is 2.80 bits per heavy atom. The molecule has 5 heteroatoms. The Kier molecular flexibility index (Phi) is 1.82. The van der Waals surface area contributed by atoms with Gasteiger partial charge in [-0.2, -0.15) is 0 Å². The van der Waals surface area contributed by atoms with Crippen molar-refractivity contribution < 1.29 is 0 Å². The monoisotopic (exact) mass is 135 g/mol. The smallest absolute Gasteiger partial charge is 0.147 e. The third-order valence-electron chi connectivity index (χ3n) is 0.995. The molecule has 50 valence electrons. The largest absolute Gasteiger partial charge is 0.258 e. The van der Waals surface area contributed by atoms with Crippen molar-refractivity contribution in [1.82, 2.24) is 9.97 Å². The van der Waals surface area contributed by atoms with Gasteiger partial charge in [0.05, 0.1) is 5.69 Å². The van der Waals surface area contributed by atoms with Gasteiger partial charge in [0.15, 0.2) is 0 Å². The number of azide groups is 1. The molecule has 1 heterocycles. The number of aromatic nitrogens is 2. The van der Waals surface area contributed by atoms with Crippen molar-refractivity contribution in [3.63, 3.8) is 0 Å². The predicted molar refractivity (Wildman–Crippen MR) is 35.6 cm³/mol. The van der Waals surface area contributed by atoms with Crippen molar-refractivity contribution in [2.45, 2.75) is 6.92 Å². The summed E-state index contributed by atoms with van der Waals surface area (Å²) in [5.41, 5.74) is 8.67. The predicted octanol–water partition coefficient (Wildman–Crippen LogP) is 1.73. The third kappa shape index (κ3) is 1.21. The lowest BCUT2D eigenvalue weighted by atomic mass is 10.5. The van der Waals surface area contributed by atoms with E-state index in [1.165, 1.54) is 6.20 Å². The summed E-state index contributed by atoms with van der Waals surface area (Å²) in [5.74, 6) is 0.338. The molecule has 0 aliphatic carbocycles. The first-order chi connectivity index (χ1) is 4.84. The molecule has 0 aromatic carbocycles. The molecular formula is C5H5N5. The van der Waals surface area contributed by atoms with Crippen molar-refractivity contribution >= 4 is 5.82 Å². The van der Waals surface area contributed by atoms with Crippen molar-refractivity contribution in [2.24, 2.45) is 5.11 Å². The van der Waals surface area contributed by atoms with Crippen LogP contribution >= 0.6 is 0 Å². The van der Waals surface area contributed by atoms with Crippen LogP contribution in [0, 0.1) is 6.92 Å². The molecule has 0 bridgehead atoms. The lowest BCUT2D eigenvalue weighted by Crippen LogP contribution is -1.81. The molecule has 0 unspecified atom stereocenters. The number of rotatable bonds is 1. The topological polar surface area (TPSA) is 74.5 Å². The fourth-order valence-electron chi connectivity index (χ4n) is 0.541. The van der Waals surface area contributed by atoms with Crippen molar-refractivity contribution in [2.75, 3.05) is 0 Å². The highest BCUT2D eigenvalue weighted by Gasteiger charge is 1.92. The molecule has 0 aliphatic heterocycles. The Balaban J connectivity index is 3.14. The van der Waals surface area contributed by atoms with Crippen LogP contribution in [0.25, 0.3) is 10.4 Å². The zero-order chi connectivity index (χ0) is 7.40. The number of nitrogens with zero attached hydrogens (tertiary/aromatic N) is 5. The maximum absolute atomic E-state index is 8.03. The van der Waals surface area contributed by atoms with E-state index in [4.69, 9.17) is 5.53 Å². The van der Waals surface area contributed by atoms with E-state index in [2.05, 4.69) is 20.0 Å². The highest BCUT2D eigenvalue weighted by atomic mass is 15.2. The van der Waals surface area contributed by atoms with E-state index in [-0.39, 0.29) is 0 Å². The Bertz CT molecular complexity index is 275. The standard InChI is InChI=1S/C5H5N5/c1-4-5(9-10-6)8-3-2-7-4/h2-3H,1H3. The van der Waals surface area contributed by atoms with Gasteiger partial charge in [0.2, 0.25) is 0 Å². The molecule has 10 heavy (non-hydrogen) atoms. The maximum Gasteiger partial charge on any atom is 0.147 e. The molecule has 0 spiro atoms. The lowest BCUT2D eigenvalue weighted by molar-refractivity contribution is 1.10. The van der Waals surface area contributed by atoms with Gasteiger partial charge in [-0.3, -0.25) is 9.97 Å². The van der Waals surface area contributed by atoms with Crippen LogP contribution in [0.4, 0.5) is 5.82 Å². The number of aryl methyl sites for hydroxylation is 1. The van der Waals surface area contributed by atoms with Gasteiger partial charge < -0.3 is 0 Å². The van der Waals surface area contributed by atoms with E-state index < -0.39 is 0 Å². The third-order valence-corrected chi connectivity index (χ3v) is 0.995. The molecule has 0 aliphatic rings. The van der Waals surface area contributed by atoms with Crippen molar-refractivity contribution in [3.8, 4) is 0 Å². The molecule has 0 fully saturated rings. The van der Waals surface area contributed by atoms with Gasteiger partial charge in [-0.25, -0.2) is 0 Å². The first kappa shape index (κ1) is 6.51. The van der Waals surface area contributed by atoms with E-state index in [9.17, 15) is 0 Å². The van der Waals surface area contributed by atoms with Gasteiger partial charge in [0.25, 0.3) is 0 Å². The summed E-state index contributed by atoms with van der Waals surface area (Å²) in [6.45, 7) is 1.73. The number of hydrogen-bond donors (Lipinski definition) is 0. The molecule has 5 nitrogen and oxygen atoms in total. The highest BCUT2D eigenvalue weighted by Crippen LogP contribution is 2.09. The minimum Gasteiger partial charge on any atom is -0.258 e. The summed E-state index contributed by atoms with van der Waals surface area (Å²) >= 11 is 0. The van der Waals surface area contributed by atoms with Crippen LogP contribution < -0.4 is 0 Å². The summed E-state index contributed by atoms with van der Waals surface area (Å²) in [6.07, 6.45) is 3.03.